The van der Waals surface area contributed by atoms with Crippen molar-refractivity contribution < 1.29 is 0 Å². The number of benzene rings is 6. The molecular weight excluding hydrogens is 664 g/mol. The third-order valence-electron chi connectivity index (χ3n) is 10.1. The van der Waals surface area contributed by atoms with E-state index in [2.05, 4.69) is 219 Å². The predicted octanol–water partition coefficient (Wildman–Crippen LogP) is 15.5. The van der Waals surface area contributed by atoms with E-state index in [1.54, 1.807) is 0 Å². The van der Waals surface area contributed by atoms with Crippen LogP contribution in [-0.2, 0) is 16.2 Å². The second kappa shape index (κ2) is 14.6. The largest absolute Gasteiger partial charge is 0.309 e. The molecule has 0 radical (unpaired) electrons. The van der Waals surface area contributed by atoms with Gasteiger partial charge in [0, 0.05) is 22.6 Å². The van der Waals surface area contributed by atoms with Gasteiger partial charge in [-0.1, -0.05) is 152 Å². The van der Waals surface area contributed by atoms with Crippen molar-refractivity contribution in [2.75, 3.05) is 9.80 Å². The van der Waals surface area contributed by atoms with Crippen molar-refractivity contribution >= 4 is 45.7 Å². The molecule has 6 aromatic rings. The van der Waals surface area contributed by atoms with Gasteiger partial charge in [-0.05, 0) is 119 Å². The summed E-state index contributed by atoms with van der Waals surface area (Å²) in [4.78, 5) is 4.67. The van der Waals surface area contributed by atoms with Gasteiger partial charge in [-0.3, -0.25) is 0 Å². The number of hydrogen-bond acceptors (Lipinski definition) is 2. The van der Waals surface area contributed by atoms with Crippen LogP contribution in [-0.4, -0.2) is 0 Å². The molecule has 0 unspecified atom stereocenters. The standard InChI is InChI=1S/C50H55ClN2/c1-34-20-25-40(26-21-34)52(41-27-22-37(23-28-41)48(3,4)5)45-30-35(2)31-46(47(45)51)53(42-19-15-18-38(32-42)49(6,7)8)44-29-24-39(50(9,10)11)33-43(44)36-16-13-12-14-17-36/h12-33H,1-11H3. The average Bonchev–Trinajstić information content (AvgIpc) is 3.11. The Kier molecular flexibility index (Phi) is 10.4. The first-order valence-corrected chi connectivity index (χ1v) is 19.2. The van der Waals surface area contributed by atoms with E-state index >= 15 is 0 Å². The first kappa shape index (κ1) is 38.0. The molecule has 6 rings (SSSR count). The normalized spacial score (nSPS) is 12.2. The molecule has 0 aliphatic rings. The van der Waals surface area contributed by atoms with Crippen LogP contribution < -0.4 is 9.80 Å². The Hall–Kier alpha value is -4.79. The molecule has 6 aromatic carbocycles. The third kappa shape index (κ3) is 8.24. The average molecular weight is 719 g/mol. The Morgan fingerprint density at radius 3 is 1.47 bits per heavy atom. The Bertz CT molecular complexity index is 2190. The monoisotopic (exact) mass is 718 g/mol. The van der Waals surface area contributed by atoms with E-state index in [-0.39, 0.29) is 16.2 Å². The lowest BCUT2D eigenvalue weighted by Gasteiger charge is -2.34. The van der Waals surface area contributed by atoms with Gasteiger partial charge in [-0.15, -0.1) is 0 Å². The van der Waals surface area contributed by atoms with Crippen LogP contribution in [0.5, 0.6) is 0 Å². The van der Waals surface area contributed by atoms with Crippen molar-refractivity contribution in [3.05, 3.63) is 166 Å². The van der Waals surface area contributed by atoms with Crippen LogP contribution in [0, 0.1) is 13.8 Å². The van der Waals surface area contributed by atoms with Crippen LogP contribution in [0.1, 0.15) is 90.1 Å². The van der Waals surface area contributed by atoms with Gasteiger partial charge in [0.25, 0.3) is 0 Å². The predicted molar refractivity (Wildman–Crippen MR) is 232 cm³/mol. The SMILES string of the molecule is Cc1ccc(N(c2ccc(C(C)(C)C)cc2)c2cc(C)cc(N(c3cccc(C(C)(C)C)c3)c3ccc(C(C)(C)C)cc3-c3ccccc3)c2Cl)cc1. The fourth-order valence-corrected chi connectivity index (χ4v) is 7.13. The summed E-state index contributed by atoms with van der Waals surface area (Å²) in [6.07, 6.45) is 0. The van der Waals surface area contributed by atoms with Gasteiger partial charge in [-0.25, -0.2) is 0 Å². The minimum absolute atomic E-state index is 0.0235. The number of hydrogen-bond donors (Lipinski definition) is 0. The minimum atomic E-state index is -0.0386. The summed E-state index contributed by atoms with van der Waals surface area (Å²) in [5.74, 6) is 0. The molecule has 0 saturated carbocycles. The number of nitrogens with zero attached hydrogens (tertiary/aromatic N) is 2. The van der Waals surface area contributed by atoms with Gasteiger partial charge < -0.3 is 9.80 Å². The van der Waals surface area contributed by atoms with E-state index < -0.39 is 0 Å². The second-order valence-corrected chi connectivity index (χ2v) is 17.9. The van der Waals surface area contributed by atoms with Crippen molar-refractivity contribution in [1.82, 2.24) is 0 Å². The maximum atomic E-state index is 7.85. The molecule has 0 heterocycles. The summed E-state index contributed by atoms with van der Waals surface area (Å²) >= 11 is 7.85. The van der Waals surface area contributed by atoms with Crippen molar-refractivity contribution in [2.45, 2.75) is 92.4 Å². The molecule has 0 spiro atoms. The Labute approximate surface area is 324 Å². The molecule has 0 aromatic heterocycles. The number of aryl methyl sites for hydroxylation is 2. The van der Waals surface area contributed by atoms with Crippen LogP contribution in [0.15, 0.2) is 133 Å². The van der Waals surface area contributed by atoms with Crippen LogP contribution in [0.2, 0.25) is 5.02 Å². The maximum absolute atomic E-state index is 7.85. The number of anilines is 6. The van der Waals surface area contributed by atoms with Crippen molar-refractivity contribution in [1.29, 1.82) is 0 Å². The zero-order chi connectivity index (χ0) is 38.3. The summed E-state index contributed by atoms with van der Waals surface area (Å²) in [6, 6.07) is 48.7. The molecule has 0 amide bonds. The highest BCUT2D eigenvalue weighted by atomic mass is 35.5. The van der Waals surface area contributed by atoms with Crippen molar-refractivity contribution in [3.8, 4) is 11.1 Å². The molecule has 0 aliphatic carbocycles. The zero-order valence-corrected chi connectivity index (χ0v) is 34.2. The van der Waals surface area contributed by atoms with E-state index in [1.807, 2.05) is 0 Å². The van der Waals surface area contributed by atoms with Crippen molar-refractivity contribution in [3.63, 3.8) is 0 Å². The van der Waals surface area contributed by atoms with Crippen LogP contribution in [0.25, 0.3) is 11.1 Å². The Morgan fingerprint density at radius 1 is 0.396 bits per heavy atom. The van der Waals surface area contributed by atoms with Crippen LogP contribution >= 0.6 is 11.6 Å². The fourth-order valence-electron chi connectivity index (χ4n) is 6.85. The van der Waals surface area contributed by atoms with E-state index in [0.29, 0.717) is 5.02 Å². The molecule has 0 saturated heterocycles. The van der Waals surface area contributed by atoms with Gasteiger partial charge in [0.05, 0.1) is 22.1 Å². The van der Waals surface area contributed by atoms with Gasteiger partial charge in [0.2, 0.25) is 0 Å². The summed E-state index contributed by atoms with van der Waals surface area (Å²) in [5.41, 5.74) is 14.6. The molecule has 3 heteroatoms. The van der Waals surface area contributed by atoms with E-state index in [9.17, 15) is 0 Å². The lowest BCUT2D eigenvalue weighted by Crippen LogP contribution is -2.18. The van der Waals surface area contributed by atoms with Gasteiger partial charge in [0.15, 0.2) is 0 Å². The van der Waals surface area contributed by atoms with Crippen LogP contribution in [0.4, 0.5) is 34.1 Å². The topological polar surface area (TPSA) is 6.48 Å². The van der Waals surface area contributed by atoms with Gasteiger partial charge >= 0.3 is 0 Å². The molecule has 272 valence electrons. The fraction of sp³-hybridized carbons (Fsp3) is 0.280. The molecule has 0 aliphatic heterocycles. The second-order valence-electron chi connectivity index (χ2n) is 17.6. The summed E-state index contributed by atoms with van der Waals surface area (Å²) in [6.45, 7) is 24.7. The summed E-state index contributed by atoms with van der Waals surface area (Å²) in [7, 11) is 0. The van der Waals surface area contributed by atoms with E-state index in [1.165, 1.54) is 22.3 Å². The molecule has 53 heavy (non-hydrogen) atoms. The van der Waals surface area contributed by atoms with Crippen molar-refractivity contribution in [2.24, 2.45) is 0 Å². The van der Waals surface area contributed by atoms with Gasteiger partial charge in [0.1, 0.15) is 0 Å². The highest BCUT2D eigenvalue weighted by Crippen LogP contribution is 2.50. The smallest absolute Gasteiger partial charge is 0.0887 e. The summed E-state index contributed by atoms with van der Waals surface area (Å²) < 4.78 is 0. The summed E-state index contributed by atoms with van der Waals surface area (Å²) in [5, 5.41) is 0.677. The quantitative estimate of drug-likeness (QED) is 0.162. The third-order valence-corrected chi connectivity index (χ3v) is 10.5. The first-order chi connectivity index (χ1) is 24.9. The first-order valence-electron chi connectivity index (χ1n) is 18.8. The molecule has 0 atom stereocenters. The number of halogens is 1. The van der Waals surface area contributed by atoms with E-state index in [4.69, 9.17) is 11.6 Å². The molecule has 0 bridgehead atoms. The lowest BCUT2D eigenvalue weighted by molar-refractivity contribution is 0.590. The Balaban J connectivity index is 1.66. The maximum Gasteiger partial charge on any atom is 0.0887 e. The van der Waals surface area contributed by atoms with Gasteiger partial charge in [-0.2, -0.15) is 0 Å². The lowest BCUT2D eigenvalue weighted by atomic mass is 9.84. The molecule has 0 N–H and O–H groups in total. The number of rotatable bonds is 7. The molecular formula is C50H55ClN2. The van der Waals surface area contributed by atoms with Crippen LogP contribution in [0.3, 0.4) is 0 Å². The minimum Gasteiger partial charge on any atom is -0.309 e. The molecule has 2 nitrogen and oxygen atoms in total. The highest BCUT2D eigenvalue weighted by molar-refractivity contribution is 6.36. The molecule has 0 fully saturated rings. The zero-order valence-electron chi connectivity index (χ0n) is 33.5. The highest BCUT2D eigenvalue weighted by Gasteiger charge is 2.27. The van der Waals surface area contributed by atoms with E-state index in [0.717, 1.165) is 50.8 Å². The Morgan fingerprint density at radius 2 is 0.906 bits per heavy atom.